The molecule has 0 bridgehead atoms. The van der Waals surface area contributed by atoms with Gasteiger partial charge in [0.2, 0.25) is 0 Å². The van der Waals surface area contributed by atoms with Gasteiger partial charge in [-0.15, -0.1) is 0 Å². The first-order valence-corrected chi connectivity index (χ1v) is 7.23. The van der Waals surface area contributed by atoms with Crippen LogP contribution in [0.2, 0.25) is 0 Å². The molecule has 3 rings (SSSR count). The SMILES string of the molecule is Cc1[nH]c2cc3c(cc2c1C(CN)C(C)C)OCCO3. The van der Waals surface area contributed by atoms with Crippen molar-refractivity contribution >= 4 is 10.9 Å². The van der Waals surface area contributed by atoms with Crippen molar-refractivity contribution < 1.29 is 9.47 Å². The van der Waals surface area contributed by atoms with E-state index >= 15 is 0 Å². The van der Waals surface area contributed by atoms with Crippen LogP contribution in [-0.2, 0) is 0 Å². The maximum absolute atomic E-state index is 5.99. The molecular formula is C16H22N2O2. The average molecular weight is 274 g/mol. The molecule has 0 spiro atoms. The highest BCUT2D eigenvalue weighted by Gasteiger charge is 2.23. The van der Waals surface area contributed by atoms with Crippen LogP contribution in [0.4, 0.5) is 0 Å². The summed E-state index contributed by atoms with van der Waals surface area (Å²) in [6, 6.07) is 4.13. The van der Waals surface area contributed by atoms with Crippen LogP contribution >= 0.6 is 0 Å². The van der Waals surface area contributed by atoms with Crippen LogP contribution in [0.5, 0.6) is 11.5 Å². The number of nitrogens with two attached hydrogens (primary N) is 1. The molecule has 0 saturated heterocycles. The molecule has 108 valence electrons. The number of hydrogen-bond acceptors (Lipinski definition) is 3. The first kappa shape index (κ1) is 13.3. The molecule has 0 saturated carbocycles. The van der Waals surface area contributed by atoms with Crippen molar-refractivity contribution in [3.63, 3.8) is 0 Å². The molecule has 1 aromatic heterocycles. The number of fused-ring (bicyclic) bond motifs is 2. The lowest BCUT2D eigenvalue weighted by molar-refractivity contribution is 0.172. The standard InChI is InChI=1S/C16H22N2O2/c1-9(2)12(8-17)16-10(3)18-13-7-15-14(6-11(13)16)19-4-5-20-15/h6-7,9,12,18H,4-5,8,17H2,1-3H3. The summed E-state index contributed by atoms with van der Waals surface area (Å²) in [6.45, 7) is 8.42. The van der Waals surface area contributed by atoms with Crippen LogP contribution in [0, 0.1) is 12.8 Å². The summed E-state index contributed by atoms with van der Waals surface area (Å²) in [5.41, 5.74) is 9.59. The quantitative estimate of drug-likeness (QED) is 0.904. The summed E-state index contributed by atoms with van der Waals surface area (Å²) in [5, 5.41) is 1.20. The second kappa shape index (κ2) is 5.02. The number of H-pyrrole nitrogens is 1. The first-order valence-electron chi connectivity index (χ1n) is 7.23. The van der Waals surface area contributed by atoms with E-state index in [1.165, 1.54) is 16.6 Å². The molecule has 4 nitrogen and oxygen atoms in total. The van der Waals surface area contributed by atoms with E-state index in [0.29, 0.717) is 31.6 Å². The number of ether oxygens (including phenoxy) is 2. The molecule has 20 heavy (non-hydrogen) atoms. The van der Waals surface area contributed by atoms with Crippen LogP contribution in [0.1, 0.15) is 31.0 Å². The van der Waals surface area contributed by atoms with Gasteiger partial charge in [-0.2, -0.15) is 0 Å². The van der Waals surface area contributed by atoms with E-state index in [9.17, 15) is 0 Å². The Labute approximate surface area is 119 Å². The lowest BCUT2D eigenvalue weighted by Crippen LogP contribution is -2.18. The Morgan fingerprint density at radius 2 is 1.85 bits per heavy atom. The molecule has 1 aliphatic heterocycles. The zero-order chi connectivity index (χ0) is 14.3. The van der Waals surface area contributed by atoms with Gasteiger partial charge in [0.1, 0.15) is 13.2 Å². The van der Waals surface area contributed by atoms with Crippen LogP contribution in [0.25, 0.3) is 10.9 Å². The highest BCUT2D eigenvalue weighted by Crippen LogP contribution is 2.40. The molecule has 0 fully saturated rings. The van der Waals surface area contributed by atoms with Crippen molar-refractivity contribution in [2.45, 2.75) is 26.7 Å². The normalized spacial score (nSPS) is 15.8. The topological polar surface area (TPSA) is 60.3 Å². The van der Waals surface area contributed by atoms with Gasteiger partial charge < -0.3 is 20.2 Å². The van der Waals surface area contributed by atoms with Crippen LogP contribution < -0.4 is 15.2 Å². The first-order chi connectivity index (χ1) is 9.61. The molecule has 0 aliphatic carbocycles. The van der Waals surface area contributed by atoms with Crippen LogP contribution in [0.3, 0.4) is 0 Å². The van der Waals surface area contributed by atoms with Crippen molar-refractivity contribution in [2.24, 2.45) is 11.7 Å². The number of rotatable bonds is 3. The number of aryl methyl sites for hydroxylation is 1. The van der Waals surface area contributed by atoms with E-state index in [1.807, 2.05) is 6.07 Å². The summed E-state index contributed by atoms with van der Waals surface area (Å²) in [6.07, 6.45) is 0. The van der Waals surface area contributed by atoms with Crippen LogP contribution in [0.15, 0.2) is 12.1 Å². The van der Waals surface area contributed by atoms with Gasteiger partial charge in [-0.05, 0) is 31.0 Å². The monoisotopic (exact) mass is 274 g/mol. The Balaban J connectivity index is 2.19. The molecule has 1 unspecified atom stereocenters. The second-order valence-electron chi connectivity index (χ2n) is 5.79. The van der Waals surface area contributed by atoms with Crippen molar-refractivity contribution in [1.29, 1.82) is 0 Å². The molecule has 2 heterocycles. The fourth-order valence-corrected chi connectivity index (χ4v) is 3.09. The molecule has 1 aliphatic rings. The van der Waals surface area contributed by atoms with E-state index in [-0.39, 0.29) is 0 Å². The summed E-state index contributed by atoms with van der Waals surface area (Å²) in [7, 11) is 0. The molecule has 0 amide bonds. The maximum Gasteiger partial charge on any atom is 0.163 e. The number of aromatic nitrogens is 1. The maximum atomic E-state index is 5.99. The Morgan fingerprint density at radius 3 is 2.45 bits per heavy atom. The Bertz CT molecular complexity index is 631. The highest BCUT2D eigenvalue weighted by atomic mass is 16.6. The predicted molar refractivity (Wildman–Crippen MR) is 80.7 cm³/mol. The number of benzene rings is 1. The lowest BCUT2D eigenvalue weighted by atomic mass is 9.86. The molecule has 3 N–H and O–H groups in total. The largest absolute Gasteiger partial charge is 0.486 e. The second-order valence-corrected chi connectivity index (χ2v) is 5.79. The van der Waals surface area contributed by atoms with Gasteiger partial charge in [0.25, 0.3) is 0 Å². The Hall–Kier alpha value is -1.68. The fraction of sp³-hybridized carbons (Fsp3) is 0.500. The molecular weight excluding hydrogens is 252 g/mol. The van der Waals surface area contributed by atoms with Crippen molar-refractivity contribution in [3.8, 4) is 11.5 Å². The third-order valence-corrected chi connectivity index (χ3v) is 4.13. The molecule has 4 heteroatoms. The van der Waals surface area contributed by atoms with Crippen molar-refractivity contribution in [1.82, 2.24) is 4.98 Å². The van der Waals surface area contributed by atoms with Gasteiger partial charge in [-0.25, -0.2) is 0 Å². The van der Waals surface area contributed by atoms with Gasteiger partial charge in [0, 0.05) is 28.6 Å². The summed E-state index contributed by atoms with van der Waals surface area (Å²) in [5.74, 6) is 2.52. The minimum Gasteiger partial charge on any atom is -0.486 e. The van der Waals surface area contributed by atoms with Crippen molar-refractivity contribution in [2.75, 3.05) is 19.8 Å². The highest BCUT2D eigenvalue weighted by molar-refractivity contribution is 5.88. The van der Waals surface area contributed by atoms with Gasteiger partial charge in [0.05, 0.1) is 0 Å². The summed E-state index contributed by atoms with van der Waals surface area (Å²) >= 11 is 0. The lowest BCUT2D eigenvalue weighted by Gasteiger charge is -2.21. The van der Waals surface area contributed by atoms with Crippen LogP contribution in [-0.4, -0.2) is 24.7 Å². The Morgan fingerprint density at radius 1 is 1.20 bits per heavy atom. The summed E-state index contributed by atoms with van der Waals surface area (Å²) in [4.78, 5) is 3.46. The third kappa shape index (κ3) is 2.04. The zero-order valence-electron chi connectivity index (χ0n) is 12.3. The van der Waals surface area contributed by atoms with E-state index < -0.39 is 0 Å². The zero-order valence-corrected chi connectivity index (χ0v) is 12.3. The van der Waals surface area contributed by atoms with E-state index in [2.05, 4.69) is 31.8 Å². The van der Waals surface area contributed by atoms with Gasteiger partial charge in [-0.3, -0.25) is 0 Å². The van der Waals surface area contributed by atoms with Gasteiger partial charge >= 0.3 is 0 Å². The van der Waals surface area contributed by atoms with E-state index in [0.717, 1.165) is 17.0 Å². The minimum atomic E-state index is 0.353. The van der Waals surface area contributed by atoms with Gasteiger partial charge in [-0.1, -0.05) is 13.8 Å². The fourth-order valence-electron chi connectivity index (χ4n) is 3.09. The van der Waals surface area contributed by atoms with E-state index in [1.54, 1.807) is 0 Å². The Kier molecular flexibility index (Phi) is 3.34. The van der Waals surface area contributed by atoms with Gasteiger partial charge in [0.15, 0.2) is 11.5 Å². The number of aromatic amines is 1. The third-order valence-electron chi connectivity index (χ3n) is 4.13. The minimum absolute atomic E-state index is 0.353. The molecule has 1 atom stereocenters. The average Bonchev–Trinajstić information content (AvgIpc) is 2.73. The number of nitrogens with one attached hydrogen (secondary N) is 1. The number of hydrogen-bond donors (Lipinski definition) is 2. The molecule has 1 aromatic carbocycles. The van der Waals surface area contributed by atoms with E-state index in [4.69, 9.17) is 15.2 Å². The predicted octanol–water partition coefficient (Wildman–Crippen LogP) is 2.95. The summed E-state index contributed by atoms with van der Waals surface area (Å²) < 4.78 is 11.3. The molecule has 0 radical (unpaired) electrons. The van der Waals surface area contributed by atoms with Crippen molar-refractivity contribution in [3.05, 3.63) is 23.4 Å². The molecule has 2 aromatic rings. The smallest absolute Gasteiger partial charge is 0.163 e.